The predicted molar refractivity (Wildman–Crippen MR) is 71.6 cm³/mol. The van der Waals surface area contributed by atoms with Crippen LogP contribution in [0.2, 0.25) is 0 Å². The van der Waals surface area contributed by atoms with E-state index in [0.717, 1.165) is 32.7 Å². The summed E-state index contributed by atoms with van der Waals surface area (Å²) in [6.45, 7) is 16.9. The van der Waals surface area contributed by atoms with Gasteiger partial charge in [0.15, 0.2) is 0 Å². The SMILES string of the molecule is CC.CC.CCCOCCC.CCOC. The first-order chi connectivity index (χ1) is 7.33. The summed E-state index contributed by atoms with van der Waals surface area (Å²) in [6, 6.07) is 0. The van der Waals surface area contributed by atoms with Gasteiger partial charge in [0.05, 0.1) is 0 Å². The van der Waals surface area contributed by atoms with Gasteiger partial charge in [0.1, 0.15) is 0 Å². The first kappa shape index (κ1) is 24.2. The van der Waals surface area contributed by atoms with Gasteiger partial charge in [0, 0.05) is 26.9 Å². The number of methoxy groups -OCH3 is 1. The monoisotopic (exact) mass is 222 g/mol. The van der Waals surface area contributed by atoms with E-state index < -0.39 is 0 Å². The highest BCUT2D eigenvalue weighted by molar-refractivity contribution is 4.25. The third-order valence-electron chi connectivity index (χ3n) is 0.986. The molecule has 0 aromatic carbocycles. The van der Waals surface area contributed by atoms with E-state index in [4.69, 9.17) is 4.74 Å². The summed E-state index contributed by atoms with van der Waals surface area (Å²) >= 11 is 0. The Labute approximate surface area is 98.4 Å². The predicted octanol–water partition coefficient (Wildman–Crippen LogP) is 4.53. The van der Waals surface area contributed by atoms with E-state index in [0.29, 0.717) is 0 Å². The molecule has 0 saturated carbocycles. The molecule has 0 unspecified atom stereocenters. The fourth-order valence-electron chi connectivity index (χ4n) is 0.391. The molecule has 0 bridgehead atoms. The molecule has 0 aliphatic carbocycles. The zero-order valence-corrected chi connectivity index (χ0v) is 12.4. The van der Waals surface area contributed by atoms with Crippen molar-refractivity contribution in [3.05, 3.63) is 0 Å². The van der Waals surface area contributed by atoms with Gasteiger partial charge in [-0.25, -0.2) is 0 Å². The molecule has 0 rings (SSSR count). The van der Waals surface area contributed by atoms with Gasteiger partial charge >= 0.3 is 0 Å². The van der Waals surface area contributed by atoms with Crippen molar-refractivity contribution >= 4 is 0 Å². The van der Waals surface area contributed by atoms with Crippen LogP contribution in [0.1, 0.15) is 61.3 Å². The summed E-state index contributed by atoms with van der Waals surface area (Å²) in [7, 11) is 1.68. The molecule has 0 saturated heterocycles. The molecule has 0 aliphatic rings. The van der Waals surface area contributed by atoms with Crippen molar-refractivity contribution in [2.75, 3.05) is 26.9 Å². The van der Waals surface area contributed by atoms with Gasteiger partial charge in [-0.05, 0) is 19.8 Å². The standard InChI is InChI=1S/C6H14O.C3H8O.2C2H6/c1-3-5-7-6-4-2;1-3-4-2;2*1-2/h3-6H2,1-2H3;3H2,1-2H3;2*1-2H3. The number of ether oxygens (including phenoxy) is 2. The molecule has 0 atom stereocenters. The molecule has 15 heavy (non-hydrogen) atoms. The third kappa shape index (κ3) is 81.7. The van der Waals surface area contributed by atoms with Crippen molar-refractivity contribution in [3.8, 4) is 0 Å². The molecule has 2 nitrogen and oxygen atoms in total. The maximum atomic E-state index is 5.13. The van der Waals surface area contributed by atoms with Crippen LogP contribution in [0.4, 0.5) is 0 Å². The van der Waals surface area contributed by atoms with E-state index >= 15 is 0 Å². The average molecular weight is 222 g/mol. The van der Waals surface area contributed by atoms with Crippen LogP contribution in [0.5, 0.6) is 0 Å². The zero-order chi connectivity index (χ0) is 12.9. The minimum atomic E-state index is 0.819. The third-order valence-corrected chi connectivity index (χ3v) is 0.986. The molecule has 0 spiro atoms. The number of hydrogen-bond donors (Lipinski definition) is 0. The highest BCUT2D eigenvalue weighted by Crippen LogP contribution is 1.81. The van der Waals surface area contributed by atoms with Crippen molar-refractivity contribution in [3.63, 3.8) is 0 Å². The molecule has 0 fully saturated rings. The fraction of sp³-hybridized carbons (Fsp3) is 1.00. The van der Waals surface area contributed by atoms with Crippen LogP contribution < -0.4 is 0 Å². The van der Waals surface area contributed by atoms with Gasteiger partial charge in [-0.2, -0.15) is 0 Å². The second-order valence-corrected chi connectivity index (χ2v) is 2.19. The largest absolute Gasteiger partial charge is 0.385 e. The Hall–Kier alpha value is -0.0800. The average Bonchev–Trinajstić information content (AvgIpc) is 2.35. The lowest BCUT2D eigenvalue weighted by Crippen LogP contribution is -1.92. The molecule has 0 N–H and O–H groups in total. The minimum absolute atomic E-state index is 0.819. The summed E-state index contributed by atoms with van der Waals surface area (Å²) in [5.74, 6) is 0. The van der Waals surface area contributed by atoms with E-state index in [1.54, 1.807) is 7.11 Å². The molecular weight excluding hydrogens is 188 g/mol. The molecule has 98 valence electrons. The molecular formula is C13H34O2. The van der Waals surface area contributed by atoms with Crippen LogP contribution in [0.25, 0.3) is 0 Å². The van der Waals surface area contributed by atoms with Gasteiger partial charge in [-0.1, -0.05) is 41.5 Å². The van der Waals surface area contributed by atoms with Crippen LogP contribution in [-0.2, 0) is 9.47 Å². The van der Waals surface area contributed by atoms with E-state index in [1.807, 2.05) is 34.6 Å². The van der Waals surface area contributed by atoms with Crippen molar-refractivity contribution in [1.82, 2.24) is 0 Å². The Balaban J connectivity index is -0.0000000647. The molecule has 2 heteroatoms. The highest BCUT2D eigenvalue weighted by Gasteiger charge is 1.77. The summed E-state index contributed by atoms with van der Waals surface area (Å²) in [6.07, 6.45) is 2.28. The first-order valence-corrected chi connectivity index (χ1v) is 6.40. The molecule has 0 aromatic heterocycles. The lowest BCUT2D eigenvalue weighted by Gasteiger charge is -1.95. The Morgan fingerprint density at radius 3 is 1.13 bits per heavy atom. The van der Waals surface area contributed by atoms with E-state index in [2.05, 4.69) is 18.6 Å². The first-order valence-electron chi connectivity index (χ1n) is 6.40. The van der Waals surface area contributed by atoms with Crippen molar-refractivity contribution in [1.29, 1.82) is 0 Å². The highest BCUT2D eigenvalue weighted by atomic mass is 16.5. The zero-order valence-electron chi connectivity index (χ0n) is 12.4. The summed E-state index contributed by atoms with van der Waals surface area (Å²) in [5, 5.41) is 0. The normalized spacial score (nSPS) is 7.20. The van der Waals surface area contributed by atoms with Crippen molar-refractivity contribution in [2.24, 2.45) is 0 Å². The van der Waals surface area contributed by atoms with E-state index in [9.17, 15) is 0 Å². The van der Waals surface area contributed by atoms with Gasteiger partial charge in [0.25, 0.3) is 0 Å². The van der Waals surface area contributed by atoms with Crippen LogP contribution in [0, 0.1) is 0 Å². The Kier molecular flexibility index (Phi) is 78.4. The quantitative estimate of drug-likeness (QED) is 0.636. The second-order valence-electron chi connectivity index (χ2n) is 2.19. The van der Waals surface area contributed by atoms with Crippen LogP contribution in [0.3, 0.4) is 0 Å². The smallest absolute Gasteiger partial charge is 0.0463 e. The van der Waals surface area contributed by atoms with Gasteiger partial charge in [-0.15, -0.1) is 0 Å². The molecule has 0 aliphatic heterocycles. The molecule has 0 aromatic rings. The van der Waals surface area contributed by atoms with Crippen LogP contribution in [0.15, 0.2) is 0 Å². The van der Waals surface area contributed by atoms with Crippen LogP contribution >= 0.6 is 0 Å². The van der Waals surface area contributed by atoms with Crippen molar-refractivity contribution in [2.45, 2.75) is 61.3 Å². The van der Waals surface area contributed by atoms with E-state index in [1.165, 1.54) is 0 Å². The van der Waals surface area contributed by atoms with Gasteiger partial charge in [0.2, 0.25) is 0 Å². The lowest BCUT2D eigenvalue weighted by atomic mass is 10.5. The summed E-state index contributed by atoms with van der Waals surface area (Å²) < 4.78 is 9.67. The molecule has 0 heterocycles. The Morgan fingerprint density at radius 1 is 0.733 bits per heavy atom. The van der Waals surface area contributed by atoms with E-state index in [-0.39, 0.29) is 0 Å². The minimum Gasteiger partial charge on any atom is -0.385 e. The molecule has 0 radical (unpaired) electrons. The number of hydrogen-bond acceptors (Lipinski definition) is 2. The van der Waals surface area contributed by atoms with Gasteiger partial charge in [-0.3, -0.25) is 0 Å². The van der Waals surface area contributed by atoms with Crippen LogP contribution in [-0.4, -0.2) is 26.9 Å². The maximum absolute atomic E-state index is 5.13. The Bertz CT molecular complexity index is 41.8. The topological polar surface area (TPSA) is 18.5 Å². The van der Waals surface area contributed by atoms with Crippen molar-refractivity contribution < 1.29 is 9.47 Å². The van der Waals surface area contributed by atoms with Gasteiger partial charge < -0.3 is 9.47 Å². The maximum Gasteiger partial charge on any atom is 0.0463 e. The molecule has 0 amide bonds. The summed E-state index contributed by atoms with van der Waals surface area (Å²) in [4.78, 5) is 0. The lowest BCUT2D eigenvalue weighted by molar-refractivity contribution is 0.135. The fourth-order valence-corrected chi connectivity index (χ4v) is 0.391. The summed E-state index contributed by atoms with van der Waals surface area (Å²) in [5.41, 5.74) is 0. The number of rotatable bonds is 5. The second kappa shape index (κ2) is 48.5. The Morgan fingerprint density at radius 2 is 1.00 bits per heavy atom.